The molecule has 1 aliphatic rings. The highest BCUT2D eigenvalue weighted by molar-refractivity contribution is 7.91. The maximum absolute atomic E-state index is 11.1. The van der Waals surface area contributed by atoms with Crippen LogP contribution in [0.5, 0.6) is 0 Å². The summed E-state index contributed by atoms with van der Waals surface area (Å²) in [5.74, 6) is 0.667. The topological polar surface area (TPSA) is 55.4 Å². The molecule has 1 fully saturated rings. The number of methoxy groups -OCH3 is 1. The second kappa shape index (κ2) is 5.68. The van der Waals surface area contributed by atoms with Crippen molar-refractivity contribution in [2.24, 2.45) is 0 Å². The third-order valence-corrected chi connectivity index (χ3v) is 4.21. The van der Waals surface area contributed by atoms with Gasteiger partial charge in [-0.05, 0) is 25.8 Å². The van der Waals surface area contributed by atoms with Gasteiger partial charge in [0.2, 0.25) is 0 Å². The van der Waals surface area contributed by atoms with Gasteiger partial charge in [0.1, 0.15) is 0 Å². The summed E-state index contributed by atoms with van der Waals surface area (Å²) in [7, 11) is -1.04. The van der Waals surface area contributed by atoms with Crippen LogP contribution in [0.4, 0.5) is 0 Å². The predicted molar refractivity (Wildman–Crippen MR) is 56.2 cm³/mol. The molecule has 0 aromatic carbocycles. The Labute approximate surface area is 85.9 Å². The van der Waals surface area contributed by atoms with Crippen LogP contribution in [0.2, 0.25) is 0 Å². The Morgan fingerprint density at radius 2 is 2.21 bits per heavy atom. The fourth-order valence-corrected chi connectivity index (χ4v) is 3.34. The van der Waals surface area contributed by atoms with E-state index in [1.165, 1.54) is 0 Å². The molecule has 1 aliphatic heterocycles. The van der Waals surface area contributed by atoms with Gasteiger partial charge >= 0.3 is 0 Å². The van der Waals surface area contributed by atoms with E-state index in [9.17, 15) is 8.42 Å². The predicted octanol–water partition coefficient (Wildman–Crippen LogP) is 0.190. The monoisotopic (exact) mass is 221 g/mol. The van der Waals surface area contributed by atoms with Crippen molar-refractivity contribution in [3.8, 4) is 0 Å². The van der Waals surface area contributed by atoms with Crippen molar-refractivity contribution >= 4 is 9.84 Å². The Balaban J connectivity index is 2.03. The first-order chi connectivity index (χ1) is 6.64. The molecular formula is C9H19NO3S. The van der Waals surface area contributed by atoms with Crippen LogP contribution in [0.25, 0.3) is 0 Å². The van der Waals surface area contributed by atoms with Gasteiger partial charge in [-0.3, -0.25) is 0 Å². The van der Waals surface area contributed by atoms with Crippen molar-refractivity contribution in [1.82, 2.24) is 5.32 Å². The summed E-state index contributed by atoms with van der Waals surface area (Å²) in [5.41, 5.74) is 0. The largest absolute Gasteiger partial charge is 0.385 e. The fraction of sp³-hybridized carbons (Fsp3) is 1.00. The summed E-state index contributed by atoms with van der Waals surface area (Å²) in [5, 5.41) is 3.26. The molecular weight excluding hydrogens is 202 g/mol. The van der Waals surface area contributed by atoms with Crippen molar-refractivity contribution in [2.75, 3.05) is 31.8 Å². The van der Waals surface area contributed by atoms with Gasteiger partial charge in [0.05, 0.1) is 11.5 Å². The maximum atomic E-state index is 11.1. The molecule has 4 nitrogen and oxygen atoms in total. The summed E-state index contributed by atoms with van der Waals surface area (Å²) >= 11 is 0. The van der Waals surface area contributed by atoms with E-state index in [1.807, 2.05) is 0 Å². The average molecular weight is 221 g/mol. The highest BCUT2D eigenvalue weighted by atomic mass is 32.2. The number of hydrogen-bond acceptors (Lipinski definition) is 4. The lowest BCUT2D eigenvalue weighted by Crippen LogP contribution is -2.30. The molecule has 84 valence electrons. The third kappa shape index (κ3) is 4.39. The van der Waals surface area contributed by atoms with Gasteiger partial charge in [-0.15, -0.1) is 0 Å². The van der Waals surface area contributed by atoms with Gasteiger partial charge < -0.3 is 10.1 Å². The lowest BCUT2D eigenvalue weighted by Gasteiger charge is -2.09. The minimum Gasteiger partial charge on any atom is -0.385 e. The second-order valence-electron chi connectivity index (χ2n) is 3.75. The smallest absolute Gasteiger partial charge is 0.151 e. The quantitative estimate of drug-likeness (QED) is 0.651. The van der Waals surface area contributed by atoms with Crippen LogP contribution in [0.15, 0.2) is 0 Å². The van der Waals surface area contributed by atoms with Gasteiger partial charge in [-0.1, -0.05) is 0 Å². The summed E-state index contributed by atoms with van der Waals surface area (Å²) < 4.78 is 27.2. The number of sulfone groups is 1. The number of nitrogens with one attached hydrogen (secondary N) is 1. The molecule has 1 unspecified atom stereocenters. The van der Waals surface area contributed by atoms with E-state index in [0.717, 1.165) is 32.4 Å². The highest BCUT2D eigenvalue weighted by Crippen LogP contribution is 2.10. The highest BCUT2D eigenvalue weighted by Gasteiger charge is 2.26. The van der Waals surface area contributed by atoms with Gasteiger partial charge in [-0.25, -0.2) is 8.42 Å². The normalized spacial score (nSPS) is 25.4. The van der Waals surface area contributed by atoms with Crippen molar-refractivity contribution in [3.05, 3.63) is 0 Å². The minimum atomic E-state index is -2.73. The first-order valence-corrected chi connectivity index (χ1v) is 6.89. The van der Waals surface area contributed by atoms with Crippen molar-refractivity contribution in [3.63, 3.8) is 0 Å². The molecule has 0 aromatic heterocycles. The molecule has 1 heterocycles. The Kier molecular flexibility index (Phi) is 4.84. The van der Waals surface area contributed by atoms with E-state index < -0.39 is 9.84 Å². The Morgan fingerprint density at radius 3 is 2.79 bits per heavy atom. The van der Waals surface area contributed by atoms with Gasteiger partial charge in [0.25, 0.3) is 0 Å². The zero-order valence-corrected chi connectivity index (χ0v) is 9.48. The molecule has 0 bridgehead atoms. The standard InChI is InChI=1S/C9H19NO3S/c1-13-6-3-2-5-10-9-4-7-14(11,12)8-9/h9-10H,2-8H2,1H3. The summed E-state index contributed by atoms with van der Waals surface area (Å²) in [4.78, 5) is 0. The molecule has 0 radical (unpaired) electrons. The van der Waals surface area contributed by atoms with Gasteiger partial charge in [-0.2, -0.15) is 0 Å². The number of hydrogen-bond donors (Lipinski definition) is 1. The zero-order valence-electron chi connectivity index (χ0n) is 8.66. The van der Waals surface area contributed by atoms with Crippen LogP contribution in [0.3, 0.4) is 0 Å². The molecule has 14 heavy (non-hydrogen) atoms. The van der Waals surface area contributed by atoms with Gasteiger partial charge in [0.15, 0.2) is 9.84 Å². The molecule has 0 amide bonds. The summed E-state index contributed by atoms with van der Waals surface area (Å²) in [6, 6.07) is 0.183. The molecule has 0 saturated carbocycles. The first kappa shape index (κ1) is 11.9. The van der Waals surface area contributed by atoms with E-state index in [2.05, 4.69) is 5.32 Å². The lowest BCUT2D eigenvalue weighted by atomic mass is 10.2. The molecule has 1 N–H and O–H groups in total. The van der Waals surface area contributed by atoms with Crippen LogP contribution < -0.4 is 5.32 Å². The second-order valence-corrected chi connectivity index (χ2v) is 5.98. The van der Waals surface area contributed by atoms with E-state index in [0.29, 0.717) is 11.5 Å². The zero-order chi connectivity index (χ0) is 10.4. The molecule has 0 spiro atoms. The average Bonchev–Trinajstić information content (AvgIpc) is 2.45. The number of ether oxygens (including phenoxy) is 1. The Hall–Kier alpha value is -0.130. The van der Waals surface area contributed by atoms with E-state index in [-0.39, 0.29) is 6.04 Å². The Bertz CT molecular complexity index is 251. The first-order valence-electron chi connectivity index (χ1n) is 5.07. The van der Waals surface area contributed by atoms with E-state index in [4.69, 9.17) is 4.74 Å². The molecule has 1 saturated heterocycles. The molecule has 5 heteroatoms. The maximum Gasteiger partial charge on any atom is 0.151 e. The number of rotatable bonds is 6. The van der Waals surface area contributed by atoms with Crippen molar-refractivity contribution in [1.29, 1.82) is 0 Å². The van der Waals surface area contributed by atoms with Crippen LogP contribution in [-0.2, 0) is 14.6 Å². The molecule has 0 aromatic rings. The van der Waals surface area contributed by atoms with E-state index in [1.54, 1.807) is 7.11 Å². The number of unbranched alkanes of at least 4 members (excludes halogenated alkanes) is 1. The fourth-order valence-electron chi connectivity index (χ4n) is 1.63. The SMILES string of the molecule is COCCCCNC1CCS(=O)(=O)C1. The van der Waals surface area contributed by atoms with E-state index >= 15 is 0 Å². The molecule has 0 aliphatic carbocycles. The molecule has 1 rings (SSSR count). The van der Waals surface area contributed by atoms with Crippen LogP contribution in [0.1, 0.15) is 19.3 Å². The Morgan fingerprint density at radius 1 is 1.43 bits per heavy atom. The summed E-state index contributed by atoms with van der Waals surface area (Å²) in [6.07, 6.45) is 2.85. The minimum absolute atomic E-state index is 0.183. The van der Waals surface area contributed by atoms with Crippen molar-refractivity contribution in [2.45, 2.75) is 25.3 Å². The van der Waals surface area contributed by atoms with Crippen LogP contribution in [-0.4, -0.2) is 46.2 Å². The van der Waals surface area contributed by atoms with Crippen LogP contribution >= 0.6 is 0 Å². The lowest BCUT2D eigenvalue weighted by molar-refractivity contribution is 0.192. The van der Waals surface area contributed by atoms with Crippen molar-refractivity contribution < 1.29 is 13.2 Å². The van der Waals surface area contributed by atoms with Gasteiger partial charge in [0, 0.05) is 19.8 Å². The molecule has 1 atom stereocenters. The third-order valence-electron chi connectivity index (χ3n) is 2.44. The summed E-state index contributed by atoms with van der Waals surface area (Å²) in [6.45, 7) is 1.67. The van der Waals surface area contributed by atoms with Crippen LogP contribution in [0, 0.1) is 0 Å².